The molecule has 0 radical (unpaired) electrons. The van der Waals surface area contributed by atoms with E-state index in [9.17, 15) is 8.42 Å². The van der Waals surface area contributed by atoms with Gasteiger partial charge < -0.3 is 16.8 Å². The molecule has 0 spiro atoms. The van der Waals surface area contributed by atoms with Crippen LogP contribution in [0.4, 0.5) is 17.2 Å². The first-order chi connectivity index (χ1) is 15.4. The van der Waals surface area contributed by atoms with Crippen LogP contribution in [0.1, 0.15) is 50.1 Å². The highest BCUT2D eigenvalue weighted by Gasteiger charge is 2.27. The molecule has 32 heavy (non-hydrogen) atoms. The standard InChI is InChI=1S/C22H29N7O2S/c23-16-5-3-15(4-6-16)20-14-29-22(26-20)19(13-21(24)27-29)25-17-7-9-18(10-8-17)32(30,31)28-11-1-2-12-28/h7-10,13-16,25H,1-6,11-12,23H2,(H2,24,27). The maximum absolute atomic E-state index is 12.8. The van der Waals surface area contributed by atoms with Crippen molar-refractivity contribution in [2.75, 3.05) is 24.1 Å². The lowest BCUT2D eigenvalue weighted by Gasteiger charge is -2.24. The predicted molar refractivity (Wildman–Crippen MR) is 124 cm³/mol. The van der Waals surface area contributed by atoms with Gasteiger partial charge in [-0.15, -0.1) is 5.10 Å². The smallest absolute Gasteiger partial charge is 0.243 e. The van der Waals surface area contributed by atoms with Gasteiger partial charge in [0.15, 0.2) is 5.65 Å². The van der Waals surface area contributed by atoms with Crippen LogP contribution in [0.5, 0.6) is 0 Å². The third-order valence-corrected chi connectivity index (χ3v) is 8.40. The highest BCUT2D eigenvalue weighted by atomic mass is 32.2. The summed E-state index contributed by atoms with van der Waals surface area (Å²) in [4.78, 5) is 5.16. The van der Waals surface area contributed by atoms with Gasteiger partial charge in [-0.3, -0.25) is 0 Å². The van der Waals surface area contributed by atoms with Crippen molar-refractivity contribution in [3.05, 3.63) is 42.2 Å². The lowest BCUT2D eigenvalue weighted by molar-refractivity contribution is 0.391. The van der Waals surface area contributed by atoms with Crippen molar-refractivity contribution < 1.29 is 8.42 Å². The molecule has 10 heteroatoms. The summed E-state index contributed by atoms with van der Waals surface area (Å²) < 4.78 is 28.8. The molecule has 2 fully saturated rings. The Morgan fingerprint density at radius 3 is 2.41 bits per heavy atom. The second-order valence-corrected chi connectivity index (χ2v) is 10.7. The third-order valence-electron chi connectivity index (χ3n) is 6.49. The number of nitrogens with two attached hydrogens (primary N) is 2. The quantitative estimate of drug-likeness (QED) is 0.539. The van der Waals surface area contributed by atoms with Crippen LogP contribution in [0.15, 0.2) is 41.4 Å². The largest absolute Gasteiger partial charge is 0.382 e. The van der Waals surface area contributed by atoms with Crippen LogP contribution in [0.25, 0.3) is 5.65 Å². The molecule has 2 aromatic heterocycles. The van der Waals surface area contributed by atoms with Crippen LogP contribution in [0.3, 0.4) is 0 Å². The average Bonchev–Trinajstić information content (AvgIpc) is 3.45. The Morgan fingerprint density at radius 2 is 1.72 bits per heavy atom. The Hall–Kier alpha value is -2.69. The summed E-state index contributed by atoms with van der Waals surface area (Å²) in [6, 6.07) is 8.84. The summed E-state index contributed by atoms with van der Waals surface area (Å²) in [7, 11) is -3.43. The number of nitrogens with zero attached hydrogens (tertiary/aromatic N) is 4. The molecule has 0 amide bonds. The first-order valence-electron chi connectivity index (χ1n) is 11.2. The minimum atomic E-state index is -3.43. The van der Waals surface area contributed by atoms with E-state index in [2.05, 4.69) is 10.4 Å². The average molecular weight is 456 g/mol. The van der Waals surface area contributed by atoms with Crippen LogP contribution in [-0.2, 0) is 10.0 Å². The molecule has 1 aliphatic heterocycles. The third kappa shape index (κ3) is 4.05. The normalized spacial score (nSPS) is 22.4. The van der Waals surface area contributed by atoms with Crippen molar-refractivity contribution in [3.63, 3.8) is 0 Å². The molecule has 2 aliphatic rings. The fraction of sp³-hybridized carbons (Fsp3) is 0.455. The molecule has 1 aliphatic carbocycles. The molecule has 0 bridgehead atoms. The van der Waals surface area contributed by atoms with Crippen LogP contribution >= 0.6 is 0 Å². The van der Waals surface area contributed by atoms with E-state index in [0.29, 0.717) is 35.4 Å². The lowest BCUT2D eigenvalue weighted by atomic mass is 9.85. The molecule has 0 atom stereocenters. The fourth-order valence-corrected chi connectivity index (χ4v) is 6.18. The van der Waals surface area contributed by atoms with Crippen molar-refractivity contribution in [2.24, 2.45) is 5.73 Å². The summed E-state index contributed by atoms with van der Waals surface area (Å²) in [6.45, 7) is 1.18. The maximum Gasteiger partial charge on any atom is 0.243 e. The number of benzene rings is 1. The minimum absolute atomic E-state index is 0.284. The summed E-state index contributed by atoms with van der Waals surface area (Å²) in [5, 5.41) is 7.71. The first-order valence-corrected chi connectivity index (χ1v) is 12.6. The predicted octanol–water partition coefficient (Wildman–Crippen LogP) is 2.82. The van der Waals surface area contributed by atoms with Gasteiger partial charge in [0.05, 0.1) is 22.5 Å². The van der Waals surface area contributed by atoms with E-state index in [1.807, 2.05) is 6.20 Å². The molecule has 0 unspecified atom stereocenters. The molecule has 1 aromatic carbocycles. The van der Waals surface area contributed by atoms with Gasteiger partial charge >= 0.3 is 0 Å². The van der Waals surface area contributed by atoms with E-state index >= 15 is 0 Å². The zero-order valence-corrected chi connectivity index (χ0v) is 18.8. The van der Waals surface area contributed by atoms with Crippen molar-refractivity contribution in [1.29, 1.82) is 0 Å². The second kappa shape index (κ2) is 8.34. The summed E-state index contributed by atoms with van der Waals surface area (Å²) in [5.41, 5.74) is 15.3. The van der Waals surface area contributed by atoms with Gasteiger partial charge in [-0.05, 0) is 62.8 Å². The van der Waals surface area contributed by atoms with Gasteiger partial charge in [0.25, 0.3) is 0 Å². The number of anilines is 3. The summed E-state index contributed by atoms with van der Waals surface area (Å²) >= 11 is 0. The van der Waals surface area contributed by atoms with Gasteiger partial charge in [-0.25, -0.2) is 17.9 Å². The van der Waals surface area contributed by atoms with Gasteiger partial charge in [-0.1, -0.05) is 0 Å². The van der Waals surface area contributed by atoms with E-state index in [-0.39, 0.29) is 6.04 Å². The van der Waals surface area contributed by atoms with Gasteiger partial charge in [0, 0.05) is 36.8 Å². The van der Waals surface area contributed by atoms with E-state index in [4.69, 9.17) is 16.5 Å². The van der Waals surface area contributed by atoms with Crippen molar-refractivity contribution in [2.45, 2.75) is 55.4 Å². The SMILES string of the molecule is Nc1cc(Nc2ccc(S(=O)(=O)N3CCCC3)cc2)c2nc(C3CCC(N)CC3)cn2n1. The van der Waals surface area contributed by atoms with Crippen LogP contribution in [0, 0.1) is 0 Å². The number of hydrogen-bond acceptors (Lipinski definition) is 7. The van der Waals surface area contributed by atoms with Gasteiger partial charge in [0.1, 0.15) is 5.82 Å². The molecule has 9 nitrogen and oxygen atoms in total. The number of nitrogen functional groups attached to an aromatic ring is 1. The van der Waals surface area contributed by atoms with Crippen LogP contribution in [-0.4, -0.2) is 46.5 Å². The number of hydrogen-bond donors (Lipinski definition) is 3. The van der Waals surface area contributed by atoms with E-state index in [1.54, 1.807) is 39.2 Å². The molecule has 5 rings (SSSR count). The van der Waals surface area contributed by atoms with Gasteiger partial charge in [0.2, 0.25) is 10.0 Å². The highest BCUT2D eigenvalue weighted by Crippen LogP contribution is 2.33. The second-order valence-electron chi connectivity index (χ2n) is 8.79. The molecule has 3 heterocycles. The monoisotopic (exact) mass is 455 g/mol. The molecular weight excluding hydrogens is 426 g/mol. The van der Waals surface area contributed by atoms with Crippen LogP contribution in [0.2, 0.25) is 0 Å². The van der Waals surface area contributed by atoms with E-state index < -0.39 is 10.0 Å². The summed E-state index contributed by atoms with van der Waals surface area (Å²) in [6.07, 6.45) is 7.84. The number of nitrogens with one attached hydrogen (secondary N) is 1. The van der Waals surface area contributed by atoms with E-state index in [1.165, 1.54) is 0 Å². The van der Waals surface area contributed by atoms with Crippen molar-refractivity contribution >= 4 is 32.9 Å². The Labute approximate surface area is 187 Å². The molecular formula is C22H29N7O2S. The topological polar surface area (TPSA) is 132 Å². The summed E-state index contributed by atoms with van der Waals surface area (Å²) in [5.74, 6) is 0.753. The number of fused-ring (bicyclic) bond motifs is 1. The zero-order chi connectivity index (χ0) is 22.3. The molecule has 5 N–H and O–H groups in total. The molecule has 3 aromatic rings. The van der Waals surface area contributed by atoms with Crippen LogP contribution < -0.4 is 16.8 Å². The number of sulfonamides is 1. The molecule has 1 saturated heterocycles. The Balaban J connectivity index is 1.40. The molecule has 1 saturated carbocycles. The fourth-order valence-electron chi connectivity index (χ4n) is 4.66. The Bertz CT molecular complexity index is 1210. The number of rotatable bonds is 5. The first kappa shape index (κ1) is 21.2. The Morgan fingerprint density at radius 1 is 1.03 bits per heavy atom. The maximum atomic E-state index is 12.8. The zero-order valence-electron chi connectivity index (χ0n) is 17.9. The van der Waals surface area contributed by atoms with Gasteiger partial charge in [-0.2, -0.15) is 4.31 Å². The number of imidazole rings is 1. The van der Waals surface area contributed by atoms with E-state index in [0.717, 1.165) is 55.6 Å². The molecule has 170 valence electrons. The highest BCUT2D eigenvalue weighted by molar-refractivity contribution is 7.89. The Kier molecular flexibility index (Phi) is 5.52. The minimum Gasteiger partial charge on any atom is -0.382 e. The van der Waals surface area contributed by atoms with Crippen molar-refractivity contribution in [3.8, 4) is 0 Å². The lowest BCUT2D eigenvalue weighted by Crippen LogP contribution is -2.27. The van der Waals surface area contributed by atoms with Crippen molar-refractivity contribution in [1.82, 2.24) is 18.9 Å². The number of aromatic nitrogens is 3.